The molecule has 1 aliphatic heterocycles. The van der Waals surface area contributed by atoms with Crippen LogP contribution in [0.25, 0.3) is 0 Å². The number of rotatable bonds is 6. The van der Waals surface area contributed by atoms with E-state index in [0.717, 1.165) is 10.1 Å². The summed E-state index contributed by atoms with van der Waals surface area (Å²) in [5.41, 5.74) is 2.25. The van der Waals surface area contributed by atoms with Gasteiger partial charge in [0.15, 0.2) is 4.34 Å². The molecular weight excluding hydrogens is 423 g/mol. The Bertz CT molecular complexity index is 1070. The van der Waals surface area contributed by atoms with Crippen LogP contribution in [0.15, 0.2) is 52.9 Å². The van der Waals surface area contributed by atoms with Crippen LogP contribution in [-0.4, -0.2) is 28.6 Å². The van der Waals surface area contributed by atoms with Gasteiger partial charge in [-0.2, -0.15) is 0 Å². The zero-order chi connectivity index (χ0) is 21.1. The van der Waals surface area contributed by atoms with E-state index in [9.17, 15) is 14.0 Å². The minimum atomic E-state index is -0.493. The van der Waals surface area contributed by atoms with Gasteiger partial charge in [-0.1, -0.05) is 53.4 Å². The molecule has 2 aromatic carbocycles. The molecule has 1 N–H and O–H groups in total. The van der Waals surface area contributed by atoms with Gasteiger partial charge >= 0.3 is 0 Å². The Hall–Kier alpha value is -2.78. The zero-order valence-electron chi connectivity index (χ0n) is 16.2. The maximum absolute atomic E-state index is 13.5. The van der Waals surface area contributed by atoms with Crippen LogP contribution in [0, 0.1) is 18.7 Å². The molecule has 2 amide bonds. The molecule has 1 unspecified atom stereocenters. The van der Waals surface area contributed by atoms with Crippen molar-refractivity contribution in [3.63, 3.8) is 0 Å². The van der Waals surface area contributed by atoms with E-state index in [1.165, 1.54) is 27.9 Å². The molecule has 154 valence electrons. The predicted octanol–water partition coefficient (Wildman–Crippen LogP) is 4.27. The van der Waals surface area contributed by atoms with Crippen molar-refractivity contribution < 1.29 is 14.0 Å². The number of halogens is 1. The molecule has 4 rings (SSSR count). The number of benzene rings is 2. The number of thioether (sulfide) groups is 1. The van der Waals surface area contributed by atoms with E-state index in [-0.39, 0.29) is 30.6 Å². The molecule has 6 nitrogen and oxygen atoms in total. The van der Waals surface area contributed by atoms with Crippen molar-refractivity contribution in [2.75, 3.05) is 16.8 Å². The van der Waals surface area contributed by atoms with Gasteiger partial charge in [0.25, 0.3) is 0 Å². The highest BCUT2D eigenvalue weighted by atomic mass is 32.2. The van der Waals surface area contributed by atoms with Crippen molar-refractivity contribution in [2.45, 2.75) is 23.4 Å². The molecule has 1 aliphatic rings. The summed E-state index contributed by atoms with van der Waals surface area (Å²) in [6.07, 6.45) is 0.108. The molecule has 1 saturated heterocycles. The van der Waals surface area contributed by atoms with E-state index in [1.807, 2.05) is 30.3 Å². The summed E-state index contributed by atoms with van der Waals surface area (Å²) in [6, 6.07) is 14.5. The molecule has 0 bridgehead atoms. The lowest BCUT2D eigenvalue weighted by atomic mass is 10.1. The average Bonchev–Trinajstić information content (AvgIpc) is 3.36. The summed E-state index contributed by atoms with van der Waals surface area (Å²) in [4.78, 5) is 26.5. The molecule has 0 aliphatic carbocycles. The van der Waals surface area contributed by atoms with E-state index in [0.29, 0.717) is 16.4 Å². The lowest BCUT2D eigenvalue weighted by molar-refractivity contribution is -0.122. The number of amides is 2. The van der Waals surface area contributed by atoms with Crippen LogP contribution >= 0.6 is 23.1 Å². The fraction of sp³-hybridized carbons (Fsp3) is 0.238. The van der Waals surface area contributed by atoms with E-state index >= 15 is 0 Å². The second-order valence-electron chi connectivity index (χ2n) is 6.98. The Morgan fingerprint density at radius 1 is 1.27 bits per heavy atom. The minimum Gasteiger partial charge on any atom is -0.312 e. The van der Waals surface area contributed by atoms with Gasteiger partial charge in [0.1, 0.15) is 5.82 Å². The molecule has 3 aromatic rings. The number of nitrogens with zero attached hydrogens (tertiary/aromatic N) is 3. The Labute approximate surface area is 181 Å². The quantitative estimate of drug-likeness (QED) is 0.456. The van der Waals surface area contributed by atoms with E-state index in [1.54, 1.807) is 30.8 Å². The summed E-state index contributed by atoms with van der Waals surface area (Å²) < 4.78 is 14.3. The molecule has 1 atom stereocenters. The number of hydrogen-bond donors (Lipinski definition) is 1. The maximum atomic E-state index is 13.5. The van der Waals surface area contributed by atoms with Crippen molar-refractivity contribution in [1.82, 2.24) is 10.2 Å². The Morgan fingerprint density at radius 3 is 2.83 bits per heavy atom. The van der Waals surface area contributed by atoms with Crippen LogP contribution in [-0.2, 0) is 15.3 Å². The second-order valence-corrected chi connectivity index (χ2v) is 9.18. The molecule has 1 fully saturated rings. The minimum absolute atomic E-state index is 0.108. The van der Waals surface area contributed by atoms with Crippen molar-refractivity contribution in [1.29, 1.82) is 0 Å². The monoisotopic (exact) mass is 442 g/mol. The Morgan fingerprint density at radius 2 is 2.07 bits per heavy atom. The van der Waals surface area contributed by atoms with Gasteiger partial charge in [-0.15, -0.1) is 10.2 Å². The SMILES string of the molecule is Cc1cc(N2CC(C(=O)Nc3nnc(SCc4ccccc4)s3)CC2=O)ccc1F. The molecule has 30 heavy (non-hydrogen) atoms. The molecular formula is C21H19FN4O2S2. The van der Waals surface area contributed by atoms with Crippen LogP contribution in [0.1, 0.15) is 17.5 Å². The van der Waals surface area contributed by atoms with Gasteiger partial charge < -0.3 is 10.2 Å². The van der Waals surface area contributed by atoms with E-state index in [4.69, 9.17) is 0 Å². The number of hydrogen-bond acceptors (Lipinski definition) is 6. The first-order valence-electron chi connectivity index (χ1n) is 9.37. The summed E-state index contributed by atoms with van der Waals surface area (Å²) in [7, 11) is 0. The first-order valence-corrected chi connectivity index (χ1v) is 11.2. The molecule has 0 radical (unpaired) electrons. The molecule has 9 heteroatoms. The highest BCUT2D eigenvalue weighted by Gasteiger charge is 2.35. The molecule has 1 aromatic heterocycles. The third-order valence-electron chi connectivity index (χ3n) is 4.79. The van der Waals surface area contributed by atoms with Crippen molar-refractivity contribution in [2.24, 2.45) is 5.92 Å². The van der Waals surface area contributed by atoms with Gasteiger partial charge in [-0.3, -0.25) is 9.59 Å². The number of carbonyl (C=O) groups excluding carboxylic acids is 2. The van der Waals surface area contributed by atoms with E-state index in [2.05, 4.69) is 15.5 Å². The van der Waals surface area contributed by atoms with Crippen LogP contribution in [0.4, 0.5) is 15.2 Å². The van der Waals surface area contributed by atoms with Gasteiger partial charge in [0.2, 0.25) is 16.9 Å². The normalized spacial score (nSPS) is 16.1. The Kier molecular flexibility index (Phi) is 6.10. The number of aromatic nitrogens is 2. The molecule has 0 saturated carbocycles. The Balaban J connectivity index is 1.34. The highest BCUT2D eigenvalue weighted by Crippen LogP contribution is 2.30. The van der Waals surface area contributed by atoms with Crippen LogP contribution in [0.5, 0.6) is 0 Å². The number of carbonyl (C=O) groups is 2. The van der Waals surface area contributed by atoms with Gasteiger partial charge in [-0.05, 0) is 36.2 Å². The smallest absolute Gasteiger partial charge is 0.231 e. The van der Waals surface area contributed by atoms with Crippen molar-refractivity contribution in [3.8, 4) is 0 Å². The fourth-order valence-electron chi connectivity index (χ4n) is 3.17. The number of nitrogens with one attached hydrogen (secondary N) is 1. The van der Waals surface area contributed by atoms with Crippen LogP contribution in [0.3, 0.4) is 0 Å². The summed E-state index contributed by atoms with van der Waals surface area (Å²) in [6.45, 7) is 1.90. The predicted molar refractivity (Wildman–Crippen MR) is 116 cm³/mol. The second kappa shape index (κ2) is 8.93. The summed E-state index contributed by atoms with van der Waals surface area (Å²) in [5, 5.41) is 11.3. The van der Waals surface area contributed by atoms with Crippen LogP contribution < -0.4 is 10.2 Å². The first-order chi connectivity index (χ1) is 14.5. The topological polar surface area (TPSA) is 75.2 Å². The summed E-state index contributed by atoms with van der Waals surface area (Å²) >= 11 is 2.86. The van der Waals surface area contributed by atoms with Gasteiger partial charge in [-0.25, -0.2) is 4.39 Å². The summed E-state index contributed by atoms with van der Waals surface area (Å²) in [5.74, 6) is -0.464. The first kappa shape index (κ1) is 20.5. The standard InChI is InChI=1S/C21H19FN4O2S2/c1-13-9-16(7-8-17(13)22)26-11-15(10-18(26)27)19(28)23-20-24-25-21(30-20)29-12-14-5-3-2-4-6-14/h2-9,15H,10-12H2,1H3,(H,23,24,28). The lowest BCUT2D eigenvalue weighted by Gasteiger charge is -2.17. The zero-order valence-corrected chi connectivity index (χ0v) is 17.8. The fourth-order valence-corrected chi connectivity index (χ4v) is 4.89. The van der Waals surface area contributed by atoms with Gasteiger partial charge in [0, 0.05) is 24.4 Å². The number of aryl methyl sites for hydroxylation is 1. The molecule has 2 heterocycles. The third kappa shape index (κ3) is 4.68. The highest BCUT2D eigenvalue weighted by molar-refractivity contribution is 8.00. The average molecular weight is 443 g/mol. The van der Waals surface area contributed by atoms with Crippen molar-refractivity contribution >= 4 is 45.7 Å². The van der Waals surface area contributed by atoms with Crippen molar-refractivity contribution in [3.05, 3.63) is 65.5 Å². The number of anilines is 2. The van der Waals surface area contributed by atoms with Crippen LogP contribution in [0.2, 0.25) is 0 Å². The lowest BCUT2D eigenvalue weighted by Crippen LogP contribution is -2.28. The third-order valence-corrected chi connectivity index (χ3v) is 6.83. The molecule has 0 spiro atoms. The largest absolute Gasteiger partial charge is 0.312 e. The van der Waals surface area contributed by atoms with Gasteiger partial charge in [0.05, 0.1) is 5.92 Å². The van der Waals surface area contributed by atoms with E-state index < -0.39 is 5.92 Å². The maximum Gasteiger partial charge on any atom is 0.231 e.